The standard InChI is InChI=1S/C19H15N7O4/c1-30-16-5-3-2-4-14(16)17-20-19(23-22-17)21-18(27)15-10-11-25(24-15)12-6-8-13(9-7-12)26(28)29/h2-11H,1H3,(H2,20,21,22,23,27). The quantitative estimate of drug-likeness (QED) is 0.371. The summed E-state index contributed by atoms with van der Waals surface area (Å²) in [6.07, 6.45) is 1.58. The second kappa shape index (κ2) is 7.83. The lowest BCUT2D eigenvalue weighted by Crippen LogP contribution is -2.14. The van der Waals surface area contributed by atoms with Crippen LogP contribution in [0.3, 0.4) is 0 Å². The summed E-state index contributed by atoms with van der Waals surface area (Å²) in [4.78, 5) is 27.0. The first-order valence-electron chi connectivity index (χ1n) is 8.73. The van der Waals surface area contributed by atoms with Gasteiger partial charge in [0.1, 0.15) is 5.75 Å². The van der Waals surface area contributed by atoms with Crippen molar-refractivity contribution < 1.29 is 14.5 Å². The number of carbonyl (C=O) groups excluding carboxylic acids is 1. The van der Waals surface area contributed by atoms with E-state index in [4.69, 9.17) is 4.74 Å². The molecule has 0 radical (unpaired) electrons. The smallest absolute Gasteiger partial charge is 0.278 e. The van der Waals surface area contributed by atoms with Gasteiger partial charge in [0.15, 0.2) is 11.5 Å². The van der Waals surface area contributed by atoms with E-state index in [9.17, 15) is 14.9 Å². The zero-order valence-electron chi connectivity index (χ0n) is 15.6. The molecule has 30 heavy (non-hydrogen) atoms. The Morgan fingerprint density at radius 1 is 1.17 bits per heavy atom. The molecule has 150 valence electrons. The number of ether oxygens (including phenoxy) is 1. The first-order chi connectivity index (χ1) is 14.5. The summed E-state index contributed by atoms with van der Waals surface area (Å²) in [7, 11) is 1.55. The maximum absolute atomic E-state index is 12.5. The van der Waals surface area contributed by atoms with E-state index in [2.05, 4.69) is 25.6 Å². The highest BCUT2D eigenvalue weighted by atomic mass is 16.6. The summed E-state index contributed by atoms with van der Waals surface area (Å²) in [5.41, 5.74) is 1.39. The maximum atomic E-state index is 12.5. The number of aromatic nitrogens is 5. The van der Waals surface area contributed by atoms with Gasteiger partial charge >= 0.3 is 0 Å². The third-order valence-corrected chi connectivity index (χ3v) is 4.22. The van der Waals surface area contributed by atoms with Crippen LogP contribution in [0.15, 0.2) is 60.8 Å². The van der Waals surface area contributed by atoms with Crippen LogP contribution in [0.2, 0.25) is 0 Å². The van der Waals surface area contributed by atoms with Gasteiger partial charge in [0.2, 0.25) is 5.95 Å². The molecule has 2 aromatic carbocycles. The number of nitro benzene ring substituents is 1. The molecule has 0 atom stereocenters. The Balaban J connectivity index is 1.49. The monoisotopic (exact) mass is 405 g/mol. The molecule has 4 rings (SSSR count). The number of para-hydroxylation sites is 1. The Hall–Kier alpha value is -4.54. The van der Waals surface area contributed by atoms with E-state index in [0.717, 1.165) is 0 Å². The first-order valence-corrected chi connectivity index (χ1v) is 8.73. The van der Waals surface area contributed by atoms with Crippen molar-refractivity contribution in [2.45, 2.75) is 0 Å². The minimum absolute atomic E-state index is 0.0284. The van der Waals surface area contributed by atoms with Gasteiger partial charge in [-0.05, 0) is 30.3 Å². The zero-order chi connectivity index (χ0) is 21.1. The lowest BCUT2D eigenvalue weighted by Gasteiger charge is -2.04. The third kappa shape index (κ3) is 3.71. The van der Waals surface area contributed by atoms with Crippen LogP contribution in [0.25, 0.3) is 17.1 Å². The van der Waals surface area contributed by atoms with Gasteiger partial charge in [0, 0.05) is 18.3 Å². The molecule has 0 spiro atoms. The highest BCUT2D eigenvalue weighted by Crippen LogP contribution is 2.27. The largest absolute Gasteiger partial charge is 0.496 e. The van der Waals surface area contributed by atoms with Crippen molar-refractivity contribution in [3.8, 4) is 22.8 Å². The number of nitrogens with zero attached hydrogens (tertiary/aromatic N) is 5. The van der Waals surface area contributed by atoms with Gasteiger partial charge in [0.05, 0.1) is 23.3 Å². The fourth-order valence-corrected chi connectivity index (χ4v) is 2.76. The van der Waals surface area contributed by atoms with E-state index in [1.807, 2.05) is 18.2 Å². The number of hydrogen-bond acceptors (Lipinski definition) is 7. The molecule has 0 bridgehead atoms. The van der Waals surface area contributed by atoms with Gasteiger partial charge < -0.3 is 4.74 Å². The summed E-state index contributed by atoms with van der Waals surface area (Å²) in [5, 5.41) is 24.3. The van der Waals surface area contributed by atoms with Gasteiger partial charge in [-0.3, -0.25) is 25.3 Å². The second-order valence-corrected chi connectivity index (χ2v) is 6.08. The molecule has 11 nitrogen and oxygen atoms in total. The van der Waals surface area contributed by atoms with Crippen molar-refractivity contribution in [1.82, 2.24) is 25.0 Å². The van der Waals surface area contributed by atoms with Crippen LogP contribution < -0.4 is 10.1 Å². The SMILES string of the molecule is COc1ccccc1-c1nc(NC(=O)c2ccn(-c3ccc([N+](=O)[O-])cc3)n2)n[nH]1. The average Bonchev–Trinajstić information content (AvgIpc) is 3.44. The number of anilines is 1. The molecule has 1 amide bonds. The summed E-state index contributed by atoms with van der Waals surface area (Å²) in [6.45, 7) is 0. The van der Waals surface area contributed by atoms with E-state index < -0.39 is 10.8 Å². The average molecular weight is 405 g/mol. The minimum atomic E-state index is -0.499. The van der Waals surface area contributed by atoms with E-state index in [1.165, 1.54) is 22.9 Å². The number of nitro groups is 1. The Bertz CT molecular complexity index is 1210. The van der Waals surface area contributed by atoms with Crippen LogP contribution in [0.1, 0.15) is 10.5 Å². The van der Waals surface area contributed by atoms with E-state index in [-0.39, 0.29) is 17.3 Å². The van der Waals surface area contributed by atoms with Crippen molar-refractivity contribution in [2.24, 2.45) is 0 Å². The number of benzene rings is 2. The second-order valence-electron chi connectivity index (χ2n) is 6.08. The molecule has 0 aliphatic carbocycles. The Morgan fingerprint density at radius 3 is 2.67 bits per heavy atom. The summed E-state index contributed by atoms with van der Waals surface area (Å²) in [5.74, 6) is 0.652. The number of rotatable bonds is 6. The summed E-state index contributed by atoms with van der Waals surface area (Å²) < 4.78 is 6.74. The highest BCUT2D eigenvalue weighted by molar-refractivity contribution is 6.01. The van der Waals surface area contributed by atoms with Gasteiger partial charge in [-0.25, -0.2) is 4.68 Å². The molecule has 0 saturated carbocycles. The third-order valence-electron chi connectivity index (χ3n) is 4.22. The van der Waals surface area contributed by atoms with Gasteiger partial charge in [0.25, 0.3) is 11.6 Å². The molecule has 0 aliphatic rings. The number of amides is 1. The van der Waals surface area contributed by atoms with Crippen LogP contribution >= 0.6 is 0 Å². The number of hydrogen-bond donors (Lipinski definition) is 2. The number of non-ortho nitro benzene ring substituents is 1. The molecule has 2 aromatic heterocycles. The van der Waals surface area contributed by atoms with Crippen LogP contribution in [-0.2, 0) is 0 Å². The van der Waals surface area contributed by atoms with Crippen molar-refractivity contribution >= 4 is 17.5 Å². The normalized spacial score (nSPS) is 10.6. The Morgan fingerprint density at radius 2 is 1.93 bits per heavy atom. The molecule has 2 N–H and O–H groups in total. The molecule has 2 heterocycles. The van der Waals surface area contributed by atoms with Crippen LogP contribution in [0.4, 0.5) is 11.6 Å². The lowest BCUT2D eigenvalue weighted by atomic mass is 10.2. The molecule has 0 unspecified atom stereocenters. The number of carbonyl (C=O) groups is 1. The minimum Gasteiger partial charge on any atom is -0.496 e. The molecule has 0 aliphatic heterocycles. The van der Waals surface area contributed by atoms with Crippen molar-refractivity contribution in [3.05, 3.63) is 76.6 Å². The Labute approximate surface area is 169 Å². The first kappa shape index (κ1) is 18.8. The number of aromatic amines is 1. The number of nitrogens with one attached hydrogen (secondary N) is 2. The molecular formula is C19H15N7O4. The highest BCUT2D eigenvalue weighted by Gasteiger charge is 2.15. The van der Waals surface area contributed by atoms with Crippen LogP contribution in [-0.4, -0.2) is 42.9 Å². The molecule has 0 saturated heterocycles. The van der Waals surface area contributed by atoms with Crippen molar-refractivity contribution in [2.75, 3.05) is 12.4 Å². The molecule has 11 heteroatoms. The molecular weight excluding hydrogens is 390 g/mol. The fourth-order valence-electron chi connectivity index (χ4n) is 2.76. The van der Waals surface area contributed by atoms with Crippen LogP contribution in [0.5, 0.6) is 5.75 Å². The van der Waals surface area contributed by atoms with E-state index >= 15 is 0 Å². The van der Waals surface area contributed by atoms with Crippen LogP contribution in [0, 0.1) is 10.1 Å². The maximum Gasteiger partial charge on any atom is 0.278 e. The van der Waals surface area contributed by atoms with E-state index in [0.29, 0.717) is 22.8 Å². The fraction of sp³-hybridized carbons (Fsp3) is 0.0526. The summed E-state index contributed by atoms with van der Waals surface area (Å²) >= 11 is 0. The zero-order valence-corrected chi connectivity index (χ0v) is 15.6. The van der Waals surface area contributed by atoms with Crippen molar-refractivity contribution in [3.63, 3.8) is 0 Å². The molecule has 0 fully saturated rings. The lowest BCUT2D eigenvalue weighted by molar-refractivity contribution is -0.384. The van der Waals surface area contributed by atoms with Gasteiger partial charge in [-0.15, -0.1) is 5.10 Å². The predicted molar refractivity (Wildman–Crippen MR) is 107 cm³/mol. The van der Waals surface area contributed by atoms with Gasteiger partial charge in [-0.1, -0.05) is 12.1 Å². The number of H-pyrrole nitrogens is 1. The number of methoxy groups -OCH3 is 1. The summed E-state index contributed by atoms with van der Waals surface area (Å²) in [6, 6.07) is 14.6. The molecule has 4 aromatic rings. The van der Waals surface area contributed by atoms with E-state index in [1.54, 1.807) is 31.5 Å². The van der Waals surface area contributed by atoms with Crippen molar-refractivity contribution in [1.29, 1.82) is 0 Å². The van der Waals surface area contributed by atoms with Gasteiger partial charge in [-0.2, -0.15) is 10.1 Å². The Kier molecular flexibility index (Phi) is 4.91. The predicted octanol–water partition coefficient (Wildman–Crippen LogP) is 2.83. The topological polar surface area (TPSA) is 141 Å².